The Labute approximate surface area is 185 Å². The van der Waals surface area contributed by atoms with Crippen LogP contribution < -0.4 is 14.2 Å². The molecule has 0 heterocycles. The lowest BCUT2D eigenvalue weighted by Gasteiger charge is -2.10. The summed E-state index contributed by atoms with van der Waals surface area (Å²) in [5, 5.41) is 9.25. The molecule has 0 saturated carbocycles. The van der Waals surface area contributed by atoms with E-state index in [1.165, 1.54) is 19.4 Å². The van der Waals surface area contributed by atoms with Crippen LogP contribution in [0.1, 0.15) is 27.9 Å². The average molecular weight is 433 g/mol. The molecule has 7 heteroatoms. The number of ether oxygens (including phenoxy) is 3. The predicted molar refractivity (Wildman–Crippen MR) is 121 cm³/mol. The number of aliphatic imine (C=N–C) groups is 1. The van der Waals surface area contributed by atoms with Gasteiger partial charge in [-0.25, -0.2) is 4.79 Å². The van der Waals surface area contributed by atoms with E-state index in [1.807, 2.05) is 31.2 Å². The monoisotopic (exact) mass is 433 g/mol. The van der Waals surface area contributed by atoms with Gasteiger partial charge in [-0.2, -0.15) is 0 Å². The Balaban J connectivity index is 1.61. The highest BCUT2D eigenvalue weighted by atomic mass is 16.6. The van der Waals surface area contributed by atoms with Gasteiger partial charge >= 0.3 is 11.9 Å². The molecule has 3 aromatic rings. The Kier molecular flexibility index (Phi) is 7.59. The number of rotatable bonds is 9. The van der Waals surface area contributed by atoms with Gasteiger partial charge in [-0.3, -0.25) is 9.79 Å². The molecule has 0 aliphatic carbocycles. The van der Waals surface area contributed by atoms with Crippen LogP contribution >= 0.6 is 0 Å². The highest BCUT2D eigenvalue weighted by Crippen LogP contribution is 2.28. The summed E-state index contributed by atoms with van der Waals surface area (Å²) in [5.41, 5.74) is 2.23. The number of carbonyl (C=O) groups excluding carboxylic acids is 1. The summed E-state index contributed by atoms with van der Waals surface area (Å²) in [7, 11) is 1.47. The standard InChI is InChI=1S/C25H23NO6/c1-17-7-10-19(11-8-17)31-14-13-24(27)32-22-12-9-18(15-23(22)30-2)16-26-21-6-4-3-5-20(21)25(28)29/h3-12,15-16H,13-14H2,1-2H3,(H,28,29). The maximum absolute atomic E-state index is 12.2. The van der Waals surface area contributed by atoms with Gasteiger partial charge in [0.25, 0.3) is 0 Å². The Morgan fingerprint density at radius 2 is 1.75 bits per heavy atom. The van der Waals surface area contributed by atoms with E-state index in [4.69, 9.17) is 14.2 Å². The lowest BCUT2D eigenvalue weighted by Crippen LogP contribution is -2.13. The Hall–Kier alpha value is -4.13. The number of aromatic carboxylic acids is 1. The SMILES string of the molecule is COc1cc(C=Nc2ccccc2C(=O)O)ccc1OC(=O)CCOc1ccc(C)cc1. The molecule has 164 valence electrons. The lowest BCUT2D eigenvalue weighted by molar-refractivity contribution is -0.135. The number of carboxylic acid groups (broad SMARTS) is 1. The fourth-order valence-corrected chi connectivity index (χ4v) is 2.82. The third-order valence-corrected chi connectivity index (χ3v) is 4.49. The van der Waals surface area contributed by atoms with Crippen LogP contribution in [0.15, 0.2) is 71.7 Å². The van der Waals surface area contributed by atoms with Crippen molar-refractivity contribution in [3.63, 3.8) is 0 Å². The molecule has 0 aliphatic heterocycles. The number of methoxy groups -OCH3 is 1. The van der Waals surface area contributed by atoms with E-state index < -0.39 is 11.9 Å². The molecule has 0 radical (unpaired) electrons. The third kappa shape index (κ3) is 6.18. The van der Waals surface area contributed by atoms with Gasteiger partial charge in [0.15, 0.2) is 11.5 Å². The van der Waals surface area contributed by atoms with E-state index in [9.17, 15) is 14.7 Å². The van der Waals surface area contributed by atoms with E-state index in [1.54, 1.807) is 36.4 Å². The molecule has 0 bridgehead atoms. The summed E-state index contributed by atoms with van der Waals surface area (Å²) in [4.78, 5) is 27.7. The molecule has 1 N–H and O–H groups in total. The van der Waals surface area contributed by atoms with E-state index in [0.29, 0.717) is 22.7 Å². The van der Waals surface area contributed by atoms with Gasteiger partial charge in [-0.1, -0.05) is 29.8 Å². The molecule has 3 aromatic carbocycles. The number of hydrogen-bond donors (Lipinski definition) is 1. The van der Waals surface area contributed by atoms with Crippen molar-refractivity contribution in [3.05, 3.63) is 83.4 Å². The fourth-order valence-electron chi connectivity index (χ4n) is 2.82. The van der Waals surface area contributed by atoms with Crippen LogP contribution in [0.4, 0.5) is 5.69 Å². The maximum Gasteiger partial charge on any atom is 0.337 e. The zero-order valence-corrected chi connectivity index (χ0v) is 17.8. The van der Waals surface area contributed by atoms with Crippen LogP contribution in [0.25, 0.3) is 0 Å². The van der Waals surface area contributed by atoms with Crippen LogP contribution in [-0.4, -0.2) is 37.0 Å². The number of carbonyl (C=O) groups is 2. The molecular formula is C25H23NO6. The maximum atomic E-state index is 12.2. The van der Waals surface area contributed by atoms with Crippen molar-refractivity contribution < 1.29 is 28.9 Å². The summed E-state index contributed by atoms with van der Waals surface area (Å²) < 4.78 is 16.3. The van der Waals surface area contributed by atoms with Crippen molar-refractivity contribution in [2.24, 2.45) is 4.99 Å². The van der Waals surface area contributed by atoms with Gasteiger partial charge in [-0.05, 0) is 55.0 Å². The highest BCUT2D eigenvalue weighted by molar-refractivity contribution is 5.95. The zero-order chi connectivity index (χ0) is 22.9. The van der Waals surface area contributed by atoms with Gasteiger partial charge in [-0.15, -0.1) is 0 Å². The second kappa shape index (κ2) is 10.8. The quantitative estimate of drug-likeness (QED) is 0.295. The molecular weight excluding hydrogens is 410 g/mol. The Bertz CT molecular complexity index is 1120. The van der Waals surface area contributed by atoms with E-state index in [0.717, 1.165) is 5.56 Å². The number of aryl methyl sites for hydroxylation is 1. The average Bonchev–Trinajstić information content (AvgIpc) is 2.79. The minimum absolute atomic E-state index is 0.0756. The molecule has 3 rings (SSSR count). The first-order valence-corrected chi connectivity index (χ1v) is 9.91. The highest BCUT2D eigenvalue weighted by Gasteiger charge is 2.12. The molecule has 32 heavy (non-hydrogen) atoms. The van der Waals surface area contributed by atoms with Crippen LogP contribution in [0.3, 0.4) is 0 Å². The first kappa shape index (κ1) is 22.6. The lowest BCUT2D eigenvalue weighted by atomic mass is 10.2. The normalized spacial score (nSPS) is 10.7. The first-order chi connectivity index (χ1) is 15.5. The van der Waals surface area contributed by atoms with Gasteiger partial charge in [0, 0.05) is 6.21 Å². The summed E-state index contributed by atoms with van der Waals surface area (Å²) in [6.45, 7) is 2.18. The third-order valence-electron chi connectivity index (χ3n) is 4.49. The van der Waals surface area contributed by atoms with Crippen LogP contribution in [0.5, 0.6) is 17.2 Å². The molecule has 0 fully saturated rings. The predicted octanol–water partition coefficient (Wildman–Crippen LogP) is 4.83. The van der Waals surface area contributed by atoms with Crippen molar-refractivity contribution in [1.82, 2.24) is 0 Å². The van der Waals surface area contributed by atoms with Gasteiger partial charge in [0.2, 0.25) is 0 Å². The second-order valence-corrected chi connectivity index (χ2v) is 6.88. The van der Waals surface area contributed by atoms with Gasteiger partial charge in [0.1, 0.15) is 5.75 Å². The topological polar surface area (TPSA) is 94.4 Å². The van der Waals surface area contributed by atoms with Crippen molar-refractivity contribution >= 4 is 23.8 Å². The molecule has 0 aromatic heterocycles. The van der Waals surface area contributed by atoms with Crippen molar-refractivity contribution in [2.45, 2.75) is 13.3 Å². The van der Waals surface area contributed by atoms with E-state index in [-0.39, 0.29) is 24.3 Å². The van der Waals surface area contributed by atoms with E-state index >= 15 is 0 Å². The van der Waals surface area contributed by atoms with Crippen molar-refractivity contribution in [2.75, 3.05) is 13.7 Å². The molecule has 0 spiro atoms. The molecule has 7 nitrogen and oxygen atoms in total. The summed E-state index contributed by atoms with van der Waals surface area (Å²) >= 11 is 0. The number of carboxylic acids is 1. The number of hydrogen-bond acceptors (Lipinski definition) is 6. The summed E-state index contributed by atoms with van der Waals surface area (Å²) in [5.74, 6) is -0.186. The minimum Gasteiger partial charge on any atom is -0.493 e. The van der Waals surface area contributed by atoms with E-state index in [2.05, 4.69) is 4.99 Å². The van der Waals surface area contributed by atoms with Crippen molar-refractivity contribution in [1.29, 1.82) is 0 Å². The number of benzene rings is 3. The van der Waals surface area contributed by atoms with Crippen LogP contribution in [-0.2, 0) is 4.79 Å². The number of nitrogens with zero attached hydrogens (tertiary/aromatic N) is 1. The Morgan fingerprint density at radius 3 is 2.47 bits per heavy atom. The van der Waals surface area contributed by atoms with Gasteiger partial charge < -0.3 is 19.3 Å². The number of esters is 1. The summed E-state index contributed by atoms with van der Waals surface area (Å²) in [6.07, 6.45) is 1.59. The van der Waals surface area contributed by atoms with Crippen molar-refractivity contribution in [3.8, 4) is 17.2 Å². The first-order valence-electron chi connectivity index (χ1n) is 9.91. The van der Waals surface area contributed by atoms with Crippen LogP contribution in [0, 0.1) is 6.92 Å². The molecule has 0 aliphatic rings. The molecule has 0 amide bonds. The number of para-hydroxylation sites is 1. The Morgan fingerprint density at radius 1 is 1.00 bits per heavy atom. The molecule has 0 atom stereocenters. The minimum atomic E-state index is -1.05. The largest absolute Gasteiger partial charge is 0.493 e. The zero-order valence-electron chi connectivity index (χ0n) is 17.8. The smallest absolute Gasteiger partial charge is 0.337 e. The molecule has 0 unspecified atom stereocenters. The molecule has 0 saturated heterocycles. The fraction of sp³-hybridized carbons (Fsp3) is 0.160. The van der Waals surface area contributed by atoms with Gasteiger partial charge in [0.05, 0.1) is 31.4 Å². The summed E-state index contributed by atoms with van der Waals surface area (Å²) in [6, 6.07) is 19.0. The van der Waals surface area contributed by atoms with Crippen LogP contribution in [0.2, 0.25) is 0 Å². The second-order valence-electron chi connectivity index (χ2n) is 6.88.